The van der Waals surface area contributed by atoms with Crippen molar-refractivity contribution >= 4 is 24.0 Å². The average molecular weight is 344 g/mol. The smallest absolute Gasteiger partial charge is 0.270 e. The summed E-state index contributed by atoms with van der Waals surface area (Å²) >= 11 is 0. The molecule has 0 spiro atoms. The number of hydrogen-bond acceptors (Lipinski definition) is 5. The number of aryl methyl sites for hydroxylation is 1. The van der Waals surface area contributed by atoms with E-state index >= 15 is 0 Å². The molecule has 0 bridgehead atoms. The largest absolute Gasteiger partial charge is 0.383 e. The standard InChI is InChI=1S/C15H21N3O4.ClH/c1-11-6-12(8-13(7-11)18(20)21)14(19)16-9-15(10-22-2)4-3-5-17-15;/h6-8,17H,3-5,9-10H2,1-2H3,(H,16,19);1H. The molecule has 7 nitrogen and oxygen atoms in total. The minimum absolute atomic E-state index is 0. The number of amides is 1. The summed E-state index contributed by atoms with van der Waals surface area (Å²) in [4.78, 5) is 22.7. The number of carbonyl (C=O) groups excluding carboxylic acids is 1. The van der Waals surface area contributed by atoms with Gasteiger partial charge in [-0.3, -0.25) is 14.9 Å². The summed E-state index contributed by atoms with van der Waals surface area (Å²) in [5.41, 5.74) is 0.665. The van der Waals surface area contributed by atoms with Gasteiger partial charge in [0.25, 0.3) is 11.6 Å². The SMILES string of the molecule is COCC1(CNC(=O)c2cc(C)cc([N+](=O)[O-])c2)CCCN1.Cl. The molecule has 0 aliphatic carbocycles. The van der Waals surface area contributed by atoms with E-state index in [2.05, 4.69) is 10.6 Å². The van der Waals surface area contributed by atoms with Gasteiger partial charge >= 0.3 is 0 Å². The van der Waals surface area contributed by atoms with Gasteiger partial charge in [-0.25, -0.2) is 0 Å². The molecular formula is C15H22ClN3O4. The quantitative estimate of drug-likeness (QED) is 0.607. The van der Waals surface area contributed by atoms with Gasteiger partial charge in [0.05, 0.1) is 17.1 Å². The molecule has 8 heteroatoms. The number of rotatable bonds is 6. The number of halogens is 1. The van der Waals surface area contributed by atoms with Crippen molar-refractivity contribution in [3.63, 3.8) is 0 Å². The number of carbonyl (C=O) groups is 1. The third-order valence-electron chi connectivity index (χ3n) is 3.88. The van der Waals surface area contributed by atoms with E-state index in [1.807, 2.05) is 0 Å². The third-order valence-corrected chi connectivity index (χ3v) is 3.88. The summed E-state index contributed by atoms with van der Waals surface area (Å²) in [7, 11) is 1.63. The Morgan fingerprint density at radius 2 is 2.22 bits per heavy atom. The van der Waals surface area contributed by atoms with Crippen LogP contribution < -0.4 is 10.6 Å². The van der Waals surface area contributed by atoms with Crippen LogP contribution in [0.1, 0.15) is 28.8 Å². The van der Waals surface area contributed by atoms with Crippen LogP contribution in [-0.2, 0) is 4.74 Å². The van der Waals surface area contributed by atoms with Crippen LogP contribution in [0.25, 0.3) is 0 Å². The molecule has 1 saturated heterocycles. The van der Waals surface area contributed by atoms with Gasteiger partial charge < -0.3 is 15.4 Å². The molecule has 1 aliphatic rings. The van der Waals surface area contributed by atoms with Crippen LogP contribution >= 0.6 is 12.4 Å². The summed E-state index contributed by atoms with van der Waals surface area (Å²) in [5, 5.41) is 17.1. The van der Waals surface area contributed by atoms with Crippen molar-refractivity contribution < 1.29 is 14.5 Å². The van der Waals surface area contributed by atoms with Crippen molar-refractivity contribution in [3.8, 4) is 0 Å². The van der Waals surface area contributed by atoms with Crippen molar-refractivity contribution in [1.82, 2.24) is 10.6 Å². The van der Waals surface area contributed by atoms with E-state index in [4.69, 9.17) is 4.74 Å². The molecule has 1 atom stereocenters. The van der Waals surface area contributed by atoms with E-state index < -0.39 is 4.92 Å². The van der Waals surface area contributed by atoms with E-state index in [0.29, 0.717) is 24.3 Å². The first-order valence-corrected chi connectivity index (χ1v) is 7.24. The number of nitro benzene ring substituents is 1. The van der Waals surface area contributed by atoms with Gasteiger partial charge in [-0.2, -0.15) is 0 Å². The Hall–Kier alpha value is -1.70. The summed E-state index contributed by atoms with van der Waals surface area (Å²) < 4.78 is 5.23. The number of nitrogens with one attached hydrogen (secondary N) is 2. The van der Waals surface area contributed by atoms with Crippen LogP contribution in [0.2, 0.25) is 0 Å². The Kier molecular flexibility index (Phi) is 6.93. The summed E-state index contributed by atoms with van der Waals surface area (Å²) in [6.07, 6.45) is 1.96. The number of methoxy groups -OCH3 is 1. The lowest BCUT2D eigenvalue weighted by atomic mass is 9.98. The van der Waals surface area contributed by atoms with Crippen LogP contribution in [0.5, 0.6) is 0 Å². The zero-order valence-corrected chi connectivity index (χ0v) is 14.1. The first-order chi connectivity index (χ1) is 10.5. The van der Waals surface area contributed by atoms with Crippen LogP contribution in [-0.4, -0.2) is 43.2 Å². The highest BCUT2D eigenvalue weighted by atomic mass is 35.5. The number of non-ortho nitro benzene ring substituents is 1. The van der Waals surface area contributed by atoms with Gasteiger partial charge in [0.15, 0.2) is 0 Å². The molecule has 1 aromatic rings. The van der Waals surface area contributed by atoms with Crippen LogP contribution in [0.3, 0.4) is 0 Å². The number of hydrogen-bond donors (Lipinski definition) is 2. The zero-order valence-electron chi connectivity index (χ0n) is 13.3. The summed E-state index contributed by atoms with van der Waals surface area (Å²) in [5.74, 6) is -0.309. The molecule has 1 unspecified atom stereocenters. The van der Waals surface area contributed by atoms with Gasteiger partial charge in [-0.05, 0) is 37.9 Å². The molecule has 1 heterocycles. The fourth-order valence-corrected chi connectivity index (χ4v) is 2.82. The second kappa shape index (κ2) is 8.24. The van der Waals surface area contributed by atoms with Gasteiger partial charge in [0.2, 0.25) is 0 Å². The van der Waals surface area contributed by atoms with Gasteiger partial charge in [-0.15, -0.1) is 12.4 Å². The lowest BCUT2D eigenvalue weighted by molar-refractivity contribution is -0.384. The molecule has 0 radical (unpaired) electrons. The fraction of sp³-hybridized carbons (Fsp3) is 0.533. The lowest BCUT2D eigenvalue weighted by Gasteiger charge is -2.29. The van der Waals surface area contributed by atoms with Crippen LogP contribution in [0.4, 0.5) is 5.69 Å². The maximum atomic E-state index is 12.3. The van der Waals surface area contributed by atoms with Gasteiger partial charge in [0.1, 0.15) is 0 Å². The number of ether oxygens (including phenoxy) is 1. The van der Waals surface area contributed by atoms with E-state index in [1.165, 1.54) is 12.1 Å². The average Bonchev–Trinajstić information content (AvgIpc) is 2.93. The monoisotopic (exact) mass is 343 g/mol. The Morgan fingerprint density at radius 3 is 2.78 bits per heavy atom. The zero-order chi connectivity index (χ0) is 16.2. The second-order valence-corrected chi connectivity index (χ2v) is 5.74. The highest BCUT2D eigenvalue weighted by Gasteiger charge is 2.33. The van der Waals surface area contributed by atoms with E-state index in [1.54, 1.807) is 20.1 Å². The van der Waals surface area contributed by atoms with E-state index in [9.17, 15) is 14.9 Å². The minimum atomic E-state index is -0.491. The number of nitro groups is 1. The maximum Gasteiger partial charge on any atom is 0.270 e. The summed E-state index contributed by atoms with van der Waals surface area (Å²) in [6.45, 7) is 3.58. The normalized spacial score (nSPS) is 19.9. The highest BCUT2D eigenvalue weighted by Crippen LogP contribution is 2.20. The minimum Gasteiger partial charge on any atom is -0.383 e. The van der Waals surface area contributed by atoms with Crippen molar-refractivity contribution in [2.75, 3.05) is 26.8 Å². The van der Waals surface area contributed by atoms with Crippen molar-refractivity contribution in [2.45, 2.75) is 25.3 Å². The molecule has 1 aliphatic heterocycles. The Labute approximate surface area is 141 Å². The highest BCUT2D eigenvalue weighted by molar-refractivity contribution is 5.95. The van der Waals surface area contributed by atoms with E-state index in [0.717, 1.165) is 19.4 Å². The predicted octanol–water partition coefficient (Wildman–Crippen LogP) is 1.82. The lowest BCUT2D eigenvalue weighted by Crippen LogP contribution is -2.53. The predicted molar refractivity (Wildman–Crippen MR) is 89.3 cm³/mol. The third kappa shape index (κ3) is 4.89. The summed E-state index contributed by atoms with van der Waals surface area (Å²) in [6, 6.07) is 4.39. The van der Waals surface area contributed by atoms with Gasteiger partial charge in [-0.1, -0.05) is 0 Å². The van der Waals surface area contributed by atoms with Gasteiger partial charge in [0, 0.05) is 31.4 Å². The Balaban J connectivity index is 0.00000264. The topological polar surface area (TPSA) is 93.5 Å². The molecule has 0 aromatic heterocycles. The molecule has 23 heavy (non-hydrogen) atoms. The first kappa shape index (κ1) is 19.3. The molecule has 0 saturated carbocycles. The van der Waals surface area contributed by atoms with Crippen molar-refractivity contribution in [3.05, 3.63) is 39.4 Å². The molecule has 1 fully saturated rings. The first-order valence-electron chi connectivity index (χ1n) is 7.24. The fourth-order valence-electron chi connectivity index (χ4n) is 2.82. The number of nitrogens with zero attached hydrogens (tertiary/aromatic N) is 1. The van der Waals surface area contributed by atoms with Crippen LogP contribution in [0.15, 0.2) is 18.2 Å². The van der Waals surface area contributed by atoms with Crippen LogP contribution in [0, 0.1) is 17.0 Å². The Bertz CT molecular complexity index is 574. The second-order valence-electron chi connectivity index (χ2n) is 5.74. The molecule has 2 N–H and O–H groups in total. The van der Waals surface area contributed by atoms with E-state index in [-0.39, 0.29) is 29.5 Å². The Morgan fingerprint density at radius 1 is 1.48 bits per heavy atom. The number of benzene rings is 1. The molecular weight excluding hydrogens is 322 g/mol. The molecule has 1 amide bonds. The molecule has 128 valence electrons. The van der Waals surface area contributed by atoms with Crippen molar-refractivity contribution in [2.24, 2.45) is 0 Å². The van der Waals surface area contributed by atoms with Crippen molar-refractivity contribution in [1.29, 1.82) is 0 Å². The molecule has 2 rings (SSSR count). The maximum absolute atomic E-state index is 12.3. The molecule has 1 aromatic carbocycles.